The third-order valence-electron chi connectivity index (χ3n) is 5.36. The van der Waals surface area contributed by atoms with E-state index in [9.17, 15) is 9.18 Å². The molecule has 2 aliphatic rings. The van der Waals surface area contributed by atoms with E-state index in [4.69, 9.17) is 16.3 Å². The second-order valence-electron chi connectivity index (χ2n) is 6.55. The Morgan fingerprint density at radius 2 is 2.09 bits per heavy atom. The number of rotatable bonds is 3. The van der Waals surface area contributed by atoms with E-state index in [2.05, 4.69) is 15.3 Å². The number of esters is 1. The molecule has 2 aliphatic carbocycles. The van der Waals surface area contributed by atoms with Crippen LogP contribution in [-0.4, -0.2) is 29.1 Å². The minimum Gasteiger partial charge on any atom is -0.469 e. The fraction of sp³-hybridized carbons (Fsp3) is 0.688. The number of carbonyl (C=O) groups is 1. The SMILES string of the molecule is COC(=O)C1CCCC2(CCCC2)C1Nc1nc(Cl)ncc1F. The summed E-state index contributed by atoms with van der Waals surface area (Å²) in [6.45, 7) is 0. The number of halogens is 2. The maximum absolute atomic E-state index is 14.0. The predicted octanol–water partition coefficient (Wildman–Crippen LogP) is 3.58. The van der Waals surface area contributed by atoms with Crippen molar-refractivity contribution in [1.82, 2.24) is 9.97 Å². The average Bonchev–Trinajstić information content (AvgIpc) is 3.01. The van der Waals surface area contributed by atoms with Crippen molar-refractivity contribution in [3.8, 4) is 0 Å². The first kappa shape index (κ1) is 16.4. The summed E-state index contributed by atoms with van der Waals surface area (Å²) in [5, 5.41) is 3.16. The van der Waals surface area contributed by atoms with Crippen molar-refractivity contribution in [2.45, 2.75) is 51.0 Å². The molecule has 2 unspecified atom stereocenters. The first-order valence-electron chi connectivity index (χ1n) is 8.08. The summed E-state index contributed by atoms with van der Waals surface area (Å²) in [7, 11) is 1.40. The lowest BCUT2D eigenvalue weighted by atomic mass is 9.64. The largest absolute Gasteiger partial charge is 0.469 e. The molecule has 3 rings (SSSR count). The number of nitrogens with zero attached hydrogens (tertiary/aromatic N) is 2. The number of aromatic nitrogens is 2. The van der Waals surface area contributed by atoms with Crippen LogP contribution in [0, 0.1) is 17.2 Å². The zero-order valence-corrected chi connectivity index (χ0v) is 13.9. The number of anilines is 1. The van der Waals surface area contributed by atoms with Crippen molar-refractivity contribution in [1.29, 1.82) is 0 Å². The van der Waals surface area contributed by atoms with Gasteiger partial charge in [0.15, 0.2) is 11.6 Å². The normalized spacial score (nSPS) is 26.2. The molecule has 1 N–H and O–H groups in total. The standard InChI is InChI=1S/C16H21ClFN3O2/c1-23-14(22)10-5-4-8-16(6-2-3-7-16)12(10)20-13-11(18)9-19-15(17)21-13/h9-10,12H,2-8H2,1H3,(H,19,20,21). The first-order valence-corrected chi connectivity index (χ1v) is 8.46. The molecule has 0 saturated heterocycles. The number of nitrogens with one attached hydrogen (secondary N) is 1. The van der Waals surface area contributed by atoms with Gasteiger partial charge in [0, 0.05) is 6.04 Å². The van der Waals surface area contributed by atoms with E-state index in [1.807, 2.05) is 0 Å². The molecule has 2 fully saturated rings. The van der Waals surface area contributed by atoms with Gasteiger partial charge in [-0.15, -0.1) is 0 Å². The van der Waals surface area contributed by atoms with E-state index in [1.54, 1.807) is 0 Å². The van der Waals surface area contributed by atoms with Crippen molar-refractivity contribution in [3.63, 3.8) is 0 Å². The van der Waals surface area contributed by atoms with Crippen LogP contribution in [0.3, 0.4) is 0 Å². The lowest BCUT2D eigenvalue weighted by Gasteiger charge is -2.45. The highest BCUT2D eigenvalue weighted by atomic mass is 35.5. The van der Waals surface area contributed by atoms with Crippen LogP contribution in [0.2, 0.25) is 5.28 Å². The van der Waals surface area contributed by atoms with E-state index in [0.717, 1.165) is 51.1 Å². The van der Waals surface area contributed by atoms with Gasteiger partial charge in [-0.1, -0.05) is 19.3 Å². The molecular weight excluding hydrogens is 321 g/mol. The minimum atomic E-state index is -0.559. The summed E-state index contributed by atoms with van der Waals surface area (Å²) in [6, 6.07) is -0.188. The fourth-order valence-corrected chi connectivity index (χ4v) is 4.45. The molecule has 1 aromatic rings. The van der Waals surface area contributed by atoms with E-state index >= 15 is 0 Å². The lowest BCUT2D eigenvalue weighted by Crippen LogP contribution is -2.50. The zero-order chi connectivity index (χ0) is 16.4. The van der Waals surface area contributed by atoms with Crippen LogP contribution < -0.4 is 5.32 Å². The summed E-state index contributed by atoms with van der Waals surface area (Å²) in [4.78, 5) is 19.8. The highest BCUT2D eigenvalue weighted by Crippen LogP contribution is 2.52. The van der Waals surface area contributed by atoms with Gasteiger partial charge in [-0.05, 0) is 42.7 Å². The highest BCUT2D eigenvalue weighted by molar-refractivity contribution is 6.28. The Bertz CT molecular complexity index is 593. The molecule has 7 heteroatoms. The third-order valence-corrected chi connectivity index (χ3v) is 5.54. The van der Waals surface area contributed by atoms with Crippen LogP contribution in [0.1, 0.15) is 44.9 Å². The van der Waals surface area contributed by atoms with Crippen LogP contribution in [0.15, 0.2) is 6.20 Å². The van der Waals surface area contributed by atoms with Crippen LogP contribution in [0.5, 0.6) is 0 Å². The molecule has 126 valence electrons. The lowest BCUT2D eigenvalue weighted by molar-refractivity contribution is -0.148. The molecule has 5 nitrogen and oxygen atoms in total. The quantitative estimate of drug-likeness (QED) is 0.672. The minimum absolute atomic E-state index is 0.000965. The smallest absolute Gasteiger partial charge is 0.310 e. The maximum Gasteiger partial charge on any atom is 0.310 e. The van der Waals surface area contributed by atoms with Crippen molar-refractivity contribution in [2.75, 3.05) is 12.4 Å². The summed E-state index contributed by atoms with van der Waals surface area (Å²) in [6.07, 6.45) is 8.18. The Labute approximate surface area is 140 Å². The summed E-state index contributed by atoms with van der Waals surface area (Å²) in [5.41, 5.74) is 0.000965. The molecule has 0 bridgehead atoms. The number of methoxy groups -OCH3 is 1. The third kappa shape index (κ3) is 3.13. The Kier molecular flexibility index (Phi) is 4.71. The van der Waals surface area contributed by atoms with E-state index in [0.29, 0.717) is 0 Å². The molecule has 0 aromatic carbocycles. The molecule has 23 heavy (non-hydrogen) atoms. The Hall–Kier alpha value is -1.43. The van der Waals surface area contributed by atoms with Crippen molar-refractivity contribution >= 4 is 23.4 Å². The summed E-state index contributed by atoms with van der Waals surface area (Å²) < 4.78 is 19.0. The Morgan fingerprint density at radius 3 is 2.78 bits per heavy atom. The number of ether oxygens (including phenoxy) is 1. The fourth-order valence-electron chi connectivity index (χ4n) is 4.32. The van der Waals surface area contributed by atoms with Crippen LogP contribution in [-0.2, 0) is 9.53 Å². The van der Waals surface area contributed by atoms with Gasteiger partial charge < -0.3 is 10.1 Å². The first-order chi connectivity index (χ1) is 11.1. The molecule has 0 amide bonds. The van der Waals surface area contributed by atoms with Gasteiger partial charge in [-0.3, -0.25) is 4.79 Å². The molecule has 2 saturated carbocycles. The highest BCUT2D eigenvalue weighted by Gasteiger charge is 2.50. The molecule has 2 atom stereocenters. The van der Waals surface area contributed by atoms with E-state index in [-0.39, 0.29) is 34.4 Å². The van der Waals surface area contributed by atoms with Crippen LogP contribution in [0.4, 0.5) is 10.2 Å². The number of hydrogen-bond acceptors (Lipinski definition) is 5. The van der Waals surface area contributed by atoms with Crippen molar-refractivity contribution in [2.24, 2.45) is 11.3 Å². The predicted molar refractivity (Wildman–Crippen MR) is 84.7 cm³/mol. The second-order valence-corrected chi connectivity index (χ2v) is 6.89. The van der Waals surface area contributed by atoms with Crippen LogP contribution in [0.25, 0.3) is 0 Å². The van der Waals surface area contributed by atoms with Gasteiger partial charge in [0.05, 0.1) is 19.2 Å². The molecular formula is C16H21ClFN3O2. The van der Waals surface area contributed by atoms with Gasteiger partial charge in [0.25, 0.3) is 0 Å². The topological polar surface area (TPSA) is 64.1 Å². The zero-order valence-electron chi connectivity index (χ0n) is 13.1. The van der Waals surface area contributed by atoms with Crippen molar-refractivity contribution < 1.29 is 13.9 Å². The second kappa shape index (κ2) is 6.59. The molecule has 1 heterocycles. The summed E-state index contributed by atoms with van der Waals surface area (Å²) in [5.74, 6) is -1.03. The van der Waals surface area contributed by atoms with E-state index in [1.165, 1.54) is 7.11 Å². The molecule has 1 aromatic heterocycles. The molecule has 0 aliphatic heterocycles. The van der Waals surface area contributed by atoms with Gasteiger partial charge in [0.2, 0.25) is 5.28 Å². The Balaban J connectivity index is 1.94. The average molecular weight is 342 g/mol. The maximum atomic E-state index is 14.0. The van der Waals surface area contributed by atoms with Gasteiger partial charge in [0.1, 0.15) is 0 Å². The molecule has 1 spiro atoms. The number of carbonyl (C=O) groups excluding carboxylic acids is 1. The molecule has 0 radical (unpaired) electrons. The van der Waals surface area contributed by atoms with Crippen molar-refractivity contribution in [3.05, 3.63) is 17.3 Å². The van der Waals surface area contributed by atoms with Gasteiger partial charge in [-0.25, -0.2) is 9.37 Å². The van der Waals surface area contributed by atoms with Gasteiger partial charge >= 0.3 is 5.97 Å². The van der Waals surface area contributed by atoms with Crippen LogP contribution >= 0.6 is 11.6 Å². The Morgan fingerprint density at radius 1 is 1.39 bits per heavy atom. The summed E-state index contributed by atoms with van der Waals surface area (Å²) >= 11 is 5.79. The number of hydrogen-bond donors (Lipinski definition) is 1. The van der Waals surface area contributed by atoms with E-state index < -0.39 is 5.82 Å². The monoisotopic (exact) mass is 341 g/mol. The van der Waals surface area contributed by atoms with Gasteiger partial charge in [-0.2, -0.15) is 4.98 Å².